The van der Waals surface area contributed by atoms with Crippen LogP contribution in [0.2, 0.25) is 5.02 Å². The van der Waals surface area contributed by atoms with Gasteiger partial charge in [-0.15, -0.1) is 0 Å². The highest BCUT2D eigenvalue weighted by atomic mass is 35.5. The van der Waals surface area contributed by atoms with Crippen molar-refractivity contribution in [3.05, 3.63) is 70.2 Å². The summed E-state index contributed by atoms with van der Waals surface area (Å²) in [6, 6.07) is 15.7. The van der Waals surface area contributed by atoms with Crippen LogP contribution in [-0.2, 0) is 5.66 Å². The molecule has 1 amide bonds. The maximum Gasteiger partial charge on any atom is 0.256 e. The minimum atomic E-state index is -0.561. The third-order valence-corrected chi connectivity index (χ3v) is 4.90. The summed E-state index contributed by atoms with van der Waals surface area (Å²) in [5.74, 6) is 0.111. The van der Waals surface area contributed by atoms with E-state index >= 15 is 0 Å². The van der Waals surface area contributed by atoms with Crippen LogP contribution >= 0.6 is 11.6 Å². The Bertz CT molecular complexity index is 728. The number of hydrogen-bond donors (Lipinski definition) is 1. The lowest BCUT2D eigenvalue weighted by atomic mass is 9.90. The predicted octanol–water partition coefficient (Wildman–Crippen LogP) is 3.38. The van der Waals surface area contributed by atoms with Crippen molar-refractivity contribution in [1.82, 2.24) is 10.2 Å². The van der Waals surface area contributed by atoms with Crippen LogP contribution in [-0.4, -0.2) is 23.9 Å². The van der Waals surface area contributed by atoms with Crippen LogP contribution in [0.5, 0.6) is 0 Å². The lowest BCUT2D eigenvalue weighted by molar-refractivity contribution is 0.0589. The van der Waals surface area contributed by atoms with E-state index in [0.29, 0.717) is 5.02 Å². The zero-order valence-electron chi connectivity index (χ0n) is 12.2. The summed E-state index contributed by atoms with van der Waals surface area (Å²) in [6.45, 7) is 1.66. The van der Waals surface area contributed by atoms with E-state index in [-0.39, 0.29) is 5.91 Å². The predicted molar refractivity (Wildman–Crippen MR) is 86.9 cm³/mol. The summed E-state index contributed by atoms with van der Waals surface area (Å²) in [6.07, 6.45) is 2.09. The quantitative estimate of drug-likeness (QED) is 0.875. The second kappa shape index (κ2) is 5.11. The monoisotopic (exact) mass is 312 g/mol. The van der Waals surface area contributed by atoms with Crippen molar-refractivity contribution in [3.63, 3.8) is 0 Å². The highest BCUT2D eigenvalue weighted by Gasteiger charge is 2.50. The zero-order valence-corrected chi connectivity index (χ0v) is 12.9. The Hall–Kier alpha value is -1.84. The molecule has 1 unspecified atom stereocenters. The highest BCUT2D eigenvalue weighted by molar-refractivity contribution is 6.30. The molecule has 0 spiro atoms. The SMILES string of the molecule is O=C1c2ccccc2C2(c3ccc(Cl)cc3)NCCCCN12. The number of hydrogen-bond acceptors (Lipinski definition) is 2. The van der Waals surface area contributed by atoms with Gasteiger partial charge in [0.1, 0.15) is 5.66 Å². The molecule has 0 radical (unpaired) electrons. The van der Waals surface area contributed by atoms with E-state index in [1.807, 2.05) is 47.4 Å². The van der Waals surface area contributed by atoms with Crippen molar-refractivity contribution in [1.29, 1.82) is 0 Å². The van der Waals surface area contributed by atoms with Crippen LogP contribution < -0.4 is 5.32 Å². The number of carbonyl (C=O) groups is 1. The molecule has 4 heteroatoms. The molecular formula is C18H17ClN2O. The standard InChI is InChI=1S/C18H17ClN2O/c19-14-9-7-13(8-10-14)18-16-6-2-1-5-15(16)17(22)21(18)12-4-3-11-20-18/h1-2,5-10,20H,3-4,11-12H2. The van der Waals surface area contributed by atoms with E-state index in [1.54, 1.807) is 0 Å². The molecule has 0 bridgehead atoms. The van der Waals surface area contributed by atoms with Crippen molar-refractivity contribution in [2.45, 2.75) is 18.5 Å². The lowest BCUT2D eigenvalue weighted by Gasteiger charge is -2.39. The first kappa shape index (κ1) is 13.8. The van der Waals surface area contributed by atoms with Gasteiger partial charge in [0, 0.05) is 22.7 Å². The van der Waals surface area contributed by atoms with Crippen LogP contribution in [0, 0.1) is 0 Å². The molecule has 4 rings (SSSR count). The molecule has 2 heterocycles. The third-order valence-electron chi connectivity index (χ3n) is 4.65. The van der Waals surface area contributed by atoms with Gasteiger partial charge in [-0.05, 0) is 43.1 Å². The Balaban J connectivity index is 1.98. The molecule has 2 aliphatic heterocycles. The number of fused-ring (bicyclic) bond motifs is 3. The summed E-state index contributed by atoms with van der Waals surface area (Å²) in [5, 5.41) is 4.35. The van der Waals surface area contributed by atoms with Gasteiger partial charge in [-0.25, -0.2) is 0 Å². The average molecular weight is 313 g/mol. The Labute approximate surface area is 134 Å². The van der Waals surface area contributed by atoms with E-state index in [4.69, 9.17) is 11.6 Å². The van der Waals surface area contributed by atoms with E-state index in [9.17, 15) is 4.79 Å². The van der Waals surface area contributed by atoms with Crippen molar-refractivity contribution in [2.24, 2.45) is 0 Å². The van der Waals surface area contributed by atoms with E-state index < -0.39 is 5.66 Å². The number of nitrogens with one attached hydrogen (secondary N) is 1. The van der Waals surface area contributed by atoms with E-state index in [2.05, 4.69) is 11.4 Å². The fraction of sp³-hybridized carbons (Fsp3) is 0.278. The number of halogens is 1. The molecule has 0 saturated carbocycles. The molecule has 1 N–H and O–H groups in total. The Morgan fingerprint density at radius 3 is 2.64 bits per heavy atom. The molecule has 3 nitrogen and oxygen atoms in total. The van der Waals surface area contributed by atoms with E-state index in [0.717, 1.165) is 42.6 Å². The summed E-state index contributed by atoms with van der Waals surface area (Å²) >= 11 is 6.05. The van der Waals surface area contributed by atoms with Crippen LogP contribution in [0.3, 0.4) is 0 Å². The van der Waals surface area contributed by atoms with Crippen molar-refractivity contribution in [3.8, 4) is 0 Å². The Morgan fingerprint density at radius 2 is 1.82 bits per heavy atom. The number of carbonyl (C=O) groups excluding carboxylic acids is 1. The summed E-state index contributed by atoms with van der Waals surface area (Å²) < 4.78 is 0. The van der Waals surface area contributed by atoms with Gasteiger partial charge in [0.25, 0.3) is 5.91 Å². The van der Waals surface area contributed by atoms with Crippen LogP contribution in [0.15, 0.2) is 48.5 Å². The fourth-order valence-electron chi connectivity index (χ4n) is 3.66. The van der Waals surface area contributed by atoms with Gasteiger partial charge < -0.3 is 4.90 Å². The number of rotatable bonds is 1. The first-order valence-corrected chi connectivity index (χ1v) is 8.04. The Kier molecular flexibility index (Phi) is 3.21. The number of benzene rings is 2. The molecular weight excluding hydrogens is 296 g/mol. The maximum absolute atomic E-state index is 12.9. The molecule has 0 aromatic heterocycles. The van der Waals surface area contributed by atoms with Crippen molar-refractivity contribution in [2.75, 3.05) is 13.1 Å². The molecule has 1 fully saturated rings. The highest BCUT2D eigenvalue weighted by Crippen LogP contribution is 2.43. The maximum atomic E-state index is 12.9. The summed E-state index contributed by atoms with van der Waals surface area (Å²) in [7, 11) is 0. The van der Waals surface area contributed by atoms with Gasteiger partial charge in [-0.3, -0.25) is 10.1 Å². The number of amides is 1. The average Bonchev–Trinajstić information content (AvgIpc) is 2.70. The van der Waals surface area contributed by atoms with Crippen LogP contribution in [0.25, 0.3) is 0 Å². The number of nitrogens with zero attached hydrogens (tertiary/aromatic N) is 1. The summed E-state index contributed by atoms with van der Waals surface area (Å²) in [4.78, 5) is 14.9. The molecule has 1 atom stereocenters. The van der Waals surface area contributed by atoms with Gasteiger partial charge in [-0.2, -0.15) is 0 Å². The Morgan fingerprint density at radius 1 is 1.05 bits per heavy atom. The van der Waals surface area contributed by atoms with Gasteiger partial charge in [-0.1, -0.05) is 41.9 Å². The molecule has 112 valence electrons. The van der Waals surface area contributed by atoms with Crippen LogP contribution in [0.4, 0.5) is 0 Å². The molecule has 2 aromatic rings. The molecule has 2 aromatic carbocycles. The second-order valence-electron chi connectivity index (χ2n) is 5.85. The molecule has 2 aliphatic rings. The van der Waals surface area contributed by atoms with Gasteiger partial charge >= 0.3 is 0 Å². The zero-order chi connectivity index (χ0) is 15.2. The topological polar surface area (TPSA) is 32.3 Å². The van der Waals surface area contributed by atoms with Crippen molar-refractivity contribution >= 4 is 17.5 Å². The lowest BCUT2D eigenvalue weighted by Crippen LogP contribution is -2.53. The first-order chi connectivity index (χ1) is 10.7. The van der Waals surface area contributed by atoms with Crippen molar-refractivity contribution < 1.29 is 4.79 Å². The van der Waals surface area contributed by atoms with Gasteiger partial charge in [0.15, 0.2) is 0 Å². The molecule has 22 heavy (non-hydrogen) atoms. The summed E-state index contributed by atoms with van der Waals surface area (Å²) in [5.41, 5.74) is 2.35. The van der Waals surface area contributed by atoms with Gasteiger partial charge in [0.05, 0.1) is 0 Å². The molecule has 0 aliphatic carbocycles. The van der Waals surface area contributed by atoms with E-state index in [1.165, 1.54) is 0 Å². The van der Waals surface area contributed by atoms with Gasteiger partial charge in [0.2, 0.25) is 0 Å². The molecule has 1 saturated heterocycles. The minimum absolute atomic E-state index is 0.111. The van der Waals surface area contributed by atoms with Crippen LogP contribution in [0.1, 0.15) is 34.3 Å². The smallest absolute Gasteiger partial charge is 0.256 e. The minimum Gasteiger partial charge on any atom is -0.312 e. The first-order valence-electron chi connectivity index (χ1n) is 7.66. The normalized spacial score (nSPS) is 23.9. The third kappa shape index (κ3) is 1.82. The fourth-order valence-corrected chi connectivity index (χ4v) is 3.78. The largest absolute Gasteiger partial charge is 0.312 e. The second-order valence-corrected chi connectivity index (χ2v) is 6.29.